The van der Waals surface area contributed by atoms with Crippen LogP contribution in [-0.4, -0.2) is 17.5 Å². The summed E-state index contributed by atoms with van der Waals surface area (Å²) in [5, 5.41) is 3.19. The van der Waals surface area contributed by atoms with Gasteiger partial charge in [-0.1, -0.05) is 17.7 Å². The molecule has 1 heterocycles. The molecule has 1 aromatic carbocycles. The monoisotopic (exact) mass is 291 g/mol. The maximum Gasteiger partial charge on any atom is 0.262 e. The highest BCUT2D eigenvalue weighted by Gasteiger charge is 2.06. The third-order valence-electron chi connectivity index (χ3n) is 2.59. The minimum absolute atomic E-state index is 0.129. The molecule has 2 rings (SSSR count). The number of hydrogen-bond acceptors (Lipinski definition) is 4. The van der Waals surface area contributed by atoms with Crippen molar-refractivity contribution in [3.8, 4) is 5.75 Å². The topological polar surface area (TPSA) is 77.2 Å². The second-order valence-corrected chi connectivity index (χ2v) is 4.69. The summed E-state index contributed by atoms with van der Waals surface area (Å²) in [4.78, 5) is 15.7. The molecule has 0 aliphatic carbocycles. The van der Waals surface area contributed by atoms with Gasteiger partial charge in [0, 0.05) is 23.6 Å². The van der Waals surface area contributed by atoms with Crippen molar-refractivity contribution < 1.29 is 9.53 Å². The summed E-state index contributed by atoms with van der Waals surface area (Å²) in [6.45, 7) is 1.76. The SMILES string of the molecule is Cc1ccc(N)cc1NC(=O)COc1cncc(Cl)c1. The van der Waals surface area contributed by atoms with Crippen molar-refractivity contribution in [2.45, 2.75) is 6.92 Å². The van der Waals surface area contributed by atoms with Crippen LogP contribution >= 0.6 is 11.6 Å². The van der Waals surface area contributed by atoms with E-state index >= 15 is 0 Å². The number of aryl methyl sites for hydroxylation is 1. The highest BCUT2D eigenvalue weighted by atomic mass is 35.5. The number of carbonyl (C=O) groups excluding carboxylic acids is 1. The van der Waals surface area contributed by atoms with Crippen molar-refractivity contribution in [3.63, 3.8) is 0 Å². The Kier molecular flexibility index (Phi) is 4.42. The van der Waals surface area contributed by atoms with Crippen LogP contribution in [0.15, 0.2) is 36.7 Å². The van der Waals surface area contributed by atoms with Crippen LogP contribution < -0.4 is 15.8 Å². The number of amides is 1. The number of nitrogens with zero attached hydrogens (tertiary/aromatic N) is 1. The van der Waals surface area contributed by atoms with Crippen LogP contribution in [0, 0.1) is 6.92 Å². The van der Waals surface area contributed by atoms with Crippen molar-refractivity contribution in [1.29, 1.82) is 0 Å². The Hall–Kier alpha value is -2.27. The first kappa shape index (κ1) is 14.1. The van der Waals surface area contributed by atoms with Gasteiger partial charge >= 0.3 is 0 Å². The third kappa shape index (κ3) is 3.86. The van der Waals surface area contributed by atoms with Crippen molar-refractivity contribution in [1.82, 2.24) is 4.98 Å². The molecule has 0 atom stereocenters. The predicted molar refractivity (Wildman–Crippen MR) is 79.0 cm³/mol. The summed E-state index contributed by atoms with van der Waals surface area (Å²) >= 11 is 5.77. The van der Waals surface area contributed by atoms with Gasteiger partial charge in [-0.05, 0) is 24.6 Å². The first-order chi connectivity index (χ1) is 9.54. The normalized spacial score (nSPS) is 10.1. The summed E-state index contributed by atoms with van der Waals surface area (Å²) in [5.74, 6) is 0.163. The molecule has 1 aromatic heterocycles. The van der Waals surface area contributed by atoms with E-state index in [9.17, 15) is 4.79 Å². The quantitative estimate of drug-likeness (QED) is 0.849. The summed E-state index contributed by atoms with van der Waals surface area (Å²) < 4.78 is 5.30. The van der Waals surface area contributed by atoms with Gasteiger partial charge in [0.1, 0.15) is 5.75 Å². The van der Waals surface area contributed by atoms with E-state index in [1.54, 1.807) is 18.2 Å². The molecule has 0 aliphatic heterocycles. The lowest BCUT2D eigenvalue weighted by atomic mass is 10.2. The van der Waals surface area contributed by atoms with Gasteiger partial charge in [-0.15, -0.1) is 0 Å². The highest BCUT2D eigenvalue weighted by molar-refractivity contribution is 6.30. The number of hydrogen-bond donors (Lipinski definition) is 2. The molecule has 3 N–H and O–H groups in total. The zero-order valence-corrected chi connectivity index (χ0v) is 11.6. The molecule has 5 nitrogen and oxygen atoms in total. The van der Waals surface area contributed by atoms with E-state index in [1.807, 2.05) is 13.0 Å². The lowest BCUT2D eigenvalue weighted by Crippen LogP contribution is -2.20. The third-order valence-corrected chi connectivity index (χ3v) is 2.79. The molecule has 20 heavy (non-hydrogen) atoms. The summed E-state index contributed by atoms with van der Waals surface area (Å²) in [5.41, 5.74) is 7.87. The smallest absolute Gasteiger partial charge is 0.262 e. The minimum Gasteiger partial charge on any atom is -0.482 e. The number of rotatable bonds is 4. The maximum absolute atomic E-state index is 11.8. The predicted octanol–water partition coefficient (Wildman–Crippen LogP) is 2.64. The van der Waals surface area contributed by atoms with Crippen LogP contribution in [0.25, 0.3) is 0 Å². The number of nitrogens with one attached hydrogen (secondary N) is 1. The average Bonchev–Trinajstić information content (AvgIpc) is 2.41. The van der Waals surface area contributed by atoms with Crippen LogP contribution in [0.2, 0.25) is 5.02 Å². The first-order valence-electron chi connectivity index (χ1n) is 5.94. The van der Waals surface area contributed by atoms with Gasteiger partial charge in [0.15, 0.2) is 6.61 Å². The second kappa shape index (κ2) is 6.25. The van der Waals surface area contributed by atoms with Crippen molar-refractivity contribution in [3.05, 3.63) is 47.2 Å². The van der Waals surface area contributed by atoms with Gasteiger partial charge in [-0.25, -0.2) is 0 Å². The zero-order chi connectivity index (χ0) is 14.5. The van der Waals surface area contributed by atoms with E-state index in [2.05, 4.69) is 10.3 Å². The molecule has 0 bridgehead atoms. The van der Waals surface area contributed by atoms with Crippen molar-refractivity contribution in [2.24, 2.45) is 0 Å². The molecule has 0 saturated heterocycles. The molecule has 0 saturated carbocycles. The zero-order valence-electron chi connectivity index (χ0n) is 10.9. The van der Waals surface area contributed by atoms with E-state index in [1.165, 1.54) is 12.4 Å². The maximum atomic E-state index is 11.8. The lowest BCUT2D eigenvalue weighted by molar-refractivity contribution is -0.118. The summed E-state index contributed by atoms with van der Waals surface area (Å²) in [6.07, 6.45) is 2.98. The minimum atomic E-state index is -0.279. The van der Waals surface area contributed by atoms with Crippen LogP contribution in [0.5, 0.6) is 5.75 Å². The number of nitrogen functional groups attached to an aromatic ring is 1. The number of carbonyl (C=O) groups is 1. The van der Waals surface area contributed by atoms with E-state index in [-0.39, 0.29) is 12.5 Å². The first-order valence-corrected chi connectivity index (χ1v) is 6.32. The number of pyridine rings is 1. The molecule has 2 aromatic rings. The van der Waals surface area contributed by atoms with Crippen molar-refractivity contribution in [2.75, 3.05) is 17.7 Å². The Morgan fingerprint density at radius 2 is 2.20 bits per heavy atom. The van der Waals surface area contributed by atoms with E-state index in [0.29, 0.717) is 22.1 Å². The average molecular weight is 292 g/mol. The van der Waals surface area contributed by atoms with Gasteiger partial charge in [-0.2, -0.15) is 0 Å². The molecule has 0 unspecified atom stereocenters. The van der Waals surface area contributed by atoms with Crippen LogP contribution in [0.1, 0.15) is 5.56 Å². The fourth-order valence-electron chi connectivity index (χ4n) is 1.58. The molecule has 1 amide bonds. The number of anilines is 2. The van der Waals surface area contributed by atoms with Gasteiger partial charge in [-0.3, -0.25) is 9.78 Å². The lowest BCUT2D eigenvalue weighted by Gasteiger charge is -2.10. The molecule has 104 valence electrons. The number of halogens is 1. The van der Waals surface area contributed by atoms with Gasteiger partial charge in [0.25, 0.3) is 5.91 Å². The number of nitrogens with two attached hydrogens (primary N) is 1. The fraction of sp³-hybridized carbons (Fsp3) is 0.143. The van der Waals surface area contributed by atoms with Crippen molar-refractivity contribution >= 4 is 28.9 Å². The highest BCUT2D eigenvalue weighted by Crippen LogP contribution is 2.18. The second-order valence-electron chi connectivity index (χ2n) is 4.25. The molecule has 0 fully saturated rings. The Morgan fingerprint density at radius 3 is 2.95 bits per heavy atom. The molecular formula is C14H14ClN3O2. The van der Waals surface area contributed by atoms with Crippen LogP contribution in [0.4, 0.5) is 11.4 Å². The number of aromatic nitrogens is 1. The van der Waals surface area contributed by atoms with Gasteiger partial charge in [0.05, 0.1) is 11.2 Å². The van der Waals surface area contributed by atoms with E-state index in [0.717, 1.165) is 5.56 Å². The van der Waals surface area contributed by atoms with E-state index in [4.69, 9.17) is 22.1 Å². The van der Waals surface area contributed by atoms with E-state index < -0.39 is 0 Å². The Bertz CT molecular complexity index is 632. The fourth-order valence-corrected chi connectivity index (χ4v) is 1.74. The van der Waals surface area contributed by atoms with Gasteiger partial charge < -0.3 is 15.8 Å². The standard InChI is InChI=1S/C14H14ClN3O2/c1-9-2-3-11(16)5-13(9)18-14(19)8-20-12-4-10(15)6-17-7-12/h2-7H,8,16H2,1H3,(H,18,19). The number of ether oxygens (including phenoxy) is 1. The number of benzene rings is 1. The largest absolute Gasteiger partial charge is 0.482 e. The van der Waals surface area contributed by atoms with Crippen LogP contribution in [0.3, 0.4) is 0 Å². The van der Waals surface area contributed by atoms with Gasteiger partial charge in [0.2, 0.25) is 0 Å². The molecule has 0 spiro atoms. The Balaban J connectivity index is 1.94. The Morgan fingerprint density at radius 1 is 1.40 bits per heavy atom. The Labute approximate surface area is 121 Å². The molecule has 6 heteroatoms. The molecule has 0 aliphatic rings. The summed E-state index contributed by atoms with van der Waals surface area (Å²) in [7, 11) is 0. The van der Waals surface area contributed by atoms with Crippen LogP contribution in [-0.2, 0) is 4.79 Å². The molecular weight excluding hydrogens is 278 g/mol. The molecule has 0 radical (unpaired) electrons. The summed E-state index contributed by atoms with van der Waals surface area (Å²) in [6, 6.07) is 6.91.